The summed E-state index contributed by atoms with van der Waals surface area (Å²) in [6, 6.07) is -0.862. The molecule has 0 bridgehead atoms. The number of aliphatic hydroxyl groups is 1. The fraction of sp³-hybridized carbons (Fsp3) is 0.848. The van der Waals surface area contributed by atoms with Crippen LogP contribution in [0, 0.1) is 0 Å². The van der Waals surface area contributed by atoms with Crippen LogP contribution in [0.1, 0.15) is 219 Å². The zero-order chi connectivity index (χ0) is 40.3. The lowest BCUT2D eigenvalue weighted by molar-refractivity contribution is -0.123. The van der Waals surface area contributed by atoms with E-state index in [1.165, 1.54) is 154 Å². The van der Waals surface area contributed by atoms with Crippen LogP contribution < -0.4 is 11.1 Å². The summed E-state index contributed by atoms with van der Waals surface area (Å²) in [5.74, 6) is -0.198. The summed E-state index contributed by atoms with van der Waals surface area (Å²) >= 11 is 0. The van der Waals surface area contributed by atoms with E-state index in [0.29, 0.717) is 6.42 Å². The summed E-state index contributed by atoms with van der Waals surface area (Å²) in [7, 11) is -4.34. The largest absolute Gasteiger partial charge is 0.472 e. The molecule has 3 unspecified atom stereocenters. The van der Waals surface area contributed by atoms with E-state index < -0.39 is 20.0 Å². The highest BCUT2D eigenvalue weighted by Gasteiger charge is 2.26. The van der Waals surface area contributed by atoms with Gasteiger partial charge in [0.05, 0.1) is 25.4 Å². The summed E-state index contributed by atoms with van der Waals surface area (Å²) in [5.41, 5.74) is 5.38. The van der Waals surface area contributed by atoms with Crippen LogP contribution in [0.2, 0.25) is 0 Å². The lowest BCUT2D eigenvalue weighted by atomic mass is 10.0. The van der Waals surface area contributed by atoms with Crippen molar-refractivity contribution in [3.05, 3.63) is 36.5 Å². The maximum Gasteiger partial charge on any atom is 0.472 e. The highest BCUT2D eigenvalue weighted by atomic mass is 31.2. The maximum absolute atomic E-state index is 12.8. The maximum atomic E-state index is 12.8. The predicted molar refractivity (Wildman–Crippen MR) is 235 cm³/mol. The number of nitrogens with one attached hydrogen (secondary N) is 1. The topological polar surface area (TPSA) is 131 Å². The highest BCUT2D eigenvalue weighted by Crippen LogP contribution is 2.43. The Balaban J connectivity index is 4.16. The van der Waals surface area contributed by atoms with E-state index in [2.05, 4.69) is 43.5 Å². The molecule has 3 atom stereocenters. The molecule has 0 aliphatic rings. The van der Waals surface area contributed by atoms with Crippen LogP contribution in [0.3, 0.4) is 0 Å². The number of rotatable bonds is 43. The van der Waals surface area contributed by atoms with E-state index in [1.807, 2.05) is 6.08 Å². The second-order valence-corrected chi connectivity index (χ2v) is 17.1. The standard InChI is InChI=1S/C46H89N2O6P/c1-3-5-7-9-11-13-15-17-19-20-21-22-23-24-26-28-30-32-34-36-38-40-46(50)48-44(43-54-55(51,52)53-42-41-47)45(49)39-37-35-33-31-29-27-25-18-16-14-12-10-8-6-4-2/h15,17,20-21,37,39,44-45,49H,3-14,16,18-19,22-36,38,40-43,47H2,1-2H3,(H,48,50)(H,51,52)/b17-15-,21-20-,39-37+. The van der Waals surface area contributed by atoms with Crippen LogP contribution in [0.15, 0.2) is 36.5 Å². The lowest BCUT2D eigenvalue weighted by Gasteiger charge is -2.23. The first-order chi connectivity index (χ1) is 26.9. The van der Waals surface area contributed by atoms with Gasteiger partial charge in [-0.3, -0.25) is 13.8 Å². The molecule has 9 heteroatoms. The normalized spacial score (nSPS) is 14.3. The number of phosphoric ester groups is 1. The second-order valence-electron chi connectivity index (χ2n) is 15.6. The molecule has 8 nitrogen and oxygen atoms in total. The number of allylic oxidation sites excluding steroid dienone is 5. The molecular formula is C46H89N2O6P. The number of phosphoric acid groups is 1. The minimum Gasteiger partial charge on any atom is -0.387 e. The molecule has 0 radical (unpaired) electrons. The summed E-state index contributed by atoms with van der Waals surface area (Å²) in [6.45, 7) is 4.13. The van der Waals surface area contributed by atoms with Crippen LogP contribution >= 0.6 is 7.82 Å². The Bertz CT molecular complexity index is 959. The van der Waals surface area contributed by atoms with Crippen molar-refractivity contribution < 1.29 is 28.4 Å². The summed E-state index contributed by atoms with van der Waals surface area (Å²) in [5, 5.41) is 13.7. The molecule has 55 heavy (non-hydrogen) atoms. The number of nitrogens with two attached hydrogens (primary N) is 1. The molecule has 324 valence electrons. The smallest absolute Gasteiger partial charge is 0.387 e. The molecule has 0 aromatic heterocycles. The van der Waals surface area contributed by atoms with Crippen molar-refractivity contribution in [3.8, 4) is 0 Å². The number of carbonyl (C=O) groups excluding carboxylic acids is 1. The van der Waals surface area contributed by atoms with Gasteiger partial charge in [0, 0.05) is 13.0 Å². The summed E-state index contributed by atoms with van der Waals surface area (Å²) in [6.07, 6.45) is 50.5. The Morgan fingerprint density at radius 3 is 1.44 bits per heavy atom. The van der Waals surface area contributed by atoms with Crippen molar-refractivity contribution >= 4 is 13.7 Å². The molecule has 0 saturated heterocycles. The van der Waals surface area contributed by atoms with Gasteiger partial charge in [0.25, 0.3) is 0 Å². The quantitative estimate of drug-likeness (QED) is 0.0274. The fourth-order valence-electron chi connectivity index (χ4n) is 6.69. The number of unbranched alkanes of at least 4 members (excludes halogenated alkanes) is 27. The van der Waals surface area contributed by atoms with Crippen molar-refractivity contribution in [2.45, 2.75) is 231 Å². The highest BCUT2D eigenvalue weighted by molar-refractivity contribution is 7.47. The molecule has 0 aliphatic carbocycles. The van der Waals surface area contributed by atoms with E-state index in [9.17, 15) is 19.4 Å². The van der Waals surface area contributed by atoms with E-state index in [1.54, 1.807) is 6.08 Å². The fourth-order valence-corrected chi connectivity index (χ4v) is 7.45. The van der Waals surface area contributed by atoms with Crippen LogP contribution in [0.25, 0.3) is 0 Å². The molecule has 0 rings (SSSR count). The first kappa shape index (κ1) is 53.7. The predicted octanol–water partition coefficient (Wildman–Crippen LogP) is 13.1. The molecule has 1 amide bonds. The average molecular weight is 797 g/mol. The number of hydrogen-bond acceptors (Lipinski definition) is 6. The number of carbonyl (C=O) groups is 1. The van der Waals surface area contributed by atoms with Crippen molar-refractivity contribution in [1.29, 1.82) is 0 Å². The third-order valence-corrected chi connectivity index (χ3v) is 11.2. The van der Waals surface area contributed by atoms with Gasteiger partial charge in [-0.2, -0.15) is 0 Å². The Kier molecular flexibility index (Phi) is 41.3. The third-order valence-electron chi connectivity index (χ3n) is 10.2. The second kappa shape index (κ2) is 42.3. The SMILES string of the molecule is CCCCCCC/C=C\C/C=C\CCCCCCCCCCCC(=O)NC(COP(=O)(O)OCCN)C(O)/C=C/CCCCCCCCCCCCCCC. The van der Waals surface area contributed by atoms with Gasteiger partial charge >= 0.3 is 7.82 Å². The van der Waals surface area contributed by atoms with Crippen molar-refractivity contribution in [2.75, 3.05) is 19.8 Å². The number of amides is 1. The number of aliphatic hydroxyl groups excluding tert-OH is 1. The minimum atomic E-state index is -4.34. The molecule has 0 spiro atoms. The van der Waals surface area contributed by atoms with Crippen molar-refractivity contribution in [3.63, 3.8) is 0 Å². The first-order valence-electron chi connectivity index (χ1n) is 23.1. The third kappa shape index (κ3) is 40.7. The molecule has 0 aliphatic heterocycles. The molecule has 0 aromatic carbocycles. The molecule has 0 heterocycles. The zero-order valence-electron chi connectivity index (χ0n) is 35.9. The first-order valence-corrected chi connectivity index (χ1v) is 24.6. The van der Waals surface area contributed by atoms with Gasteiger partial charge in [0.2, 0.25) is 5.91 Å². The van der Waals surface area contributed by atoms with Gasteiger partial charge < -0.3 is 21.1 Å². The van der Waals surface area contributed by atoms with Crippen LogP contribution in [0.4, 0.5) is 0 Å². The van der Waals surface area contributed by atoms with Crippen molar-refractivity contribution in [1.82, 2.24) is 5.32 Å². The van der Waals surface area contributed by atoms with Gasteiger partial charge in [-0.25, -0.2) is 4.57 Å². The van der Waals surface area contributed by atoms with E-state index in [-0.39, 0.29) is 25.7 Å². The zero-order valence-corrected chi connectivity index (χ0v) is 36.8. The van der Waals surface area contributed by atoms with Crippen LogP contribution in [-0.4, -0.2) is 47.8 Å². The summed E-state index contributed by atoms with van der Waals surface area (Å²) in [4.78, 5) is 22.7. The molecular weight excluding hydrogens is 707 g/mol. The van der Waals surface area contributed by atoms with Crippen molar-refractivity contribution in [2.24, 2.45) is 5.73 Å². The van der Waals surface area contributed by atoms with Crippen LogP contribution in [0.5, 0.6) is 0 Å². The lowest BCUT2D eigenvalue weighted by Crippen LogP contribution is -2.45. The molecule has 0 saturated carbocycles. The van der Waals surface area contributed by atoms with E-state index in [4.69, 9.17) is 14.8 Å². The Hall–Kier alpha value is -1.28. The average Bonchev–Trinajstić information content (AvgIpc) is 3.17. The van der Waals surface area contributed by atoms with Crippen LogP contribution in [-0.2, 0) is 18.4 Å². The van der Waals surface area contributed by atoms with Gasteiger partial charge in [-0.05, 0) is 51.4 Å². The Labute approximate surface area is 340 Å². The molecule has 5 N–H and O–H groups in total. The molecule has 0 fully saturated rings. The van der Waals surface area contributed by atoms with Gasteiger partial charge in [-0.15, -0.1) is 0 Å². The Morgan fingerprint density at radius 2 is 1.00 bits per heavy atom. The molecule has 0 aromatic rings. The van der Waals surface area contributed by atoms with Gasteiger partial charge in [-0.1, -0.05) is 198 Å². The van der Waals surface area contributed by atoms with Gasteiger partial charge in [0.15, 0.2) is 0 Å². The van der Waals surface area contributed by atoms with Gasteiger partial charge in [0.1, 0.15) is 0 Å². The monoisotopic (exact) mass is 797 g/mol. The summed E-state index contributed by atoms with van der Waals surface area (Å²) < 4.78 is 22.1. The number of hydrogen-bond donors (Lipinski definition) is 4. The van der Waals surface area contributed by atoms with E-state index in [0.717, 1.165) is 44.9 Å². The Morgan fingerprint density at radius 1 is 0.600 bits per heavy atom. The van der Waals surface area contributed by atoms with E-state index >= 15 is 0 Å². The minimum absolute atomic E-state index is 0.0777.